The molecule has 1 N–H and O–H groups in total. The molecule has 1 atom stereocenters. The van der Waals surface area contributed by atoms with Crippen molar-refractivity contribution in [3.63, 3.8) is 0 Å². The molecule has 26 heavy (non-hydrogen) atoms. The van der Waals surface area contributed by atoms with Gasteiger partial charge in [-0.1, -0.05) is 0 Å². The Morgan fingerprint density at radius 1 is 1.19 bits per heavy atom. The number of hydrogen-bond donors (Lipinski definition) is 1. The fourth-order valence-electron chi connectivity index (χ4n) is 2.68. The van der Waals surface area contributed by atoms with Gasteiger partial charge in [-0.3, -0.25) is 4.79 Å². The van der Waals surface area contributed by atoms with Crippen molar-refractivity contribution in [3.8, 4) is 23.3 Å². The first-order chi connectivity index (χ1) is 12.4. The third-order valence-corrected chi connectivity index (χ3v) is 4.28. The molecule has 1 aromatic rings. The zero-order chi connectivity index (χ0) is 19.3. The maximum absolute atomic E-state index is 12.3. The van der Waals surface area contributed by atoms with Gasteiger partial charge in [0.1, 0.15) is 11.1 Å². The molecule has 1 aliphatic carbocycles. The van der Waals surface area contributed by atoms with Crippen LogP contribution in [0.15, 0.2) is 12.1 Å². The van der Waals surface area contributed by atoms with E-state index in [9.17, 15) is 14.9 Å². The number of nitrogens with one attached hydrogen (secondary N) is 1. The van der Waals surface area contributed by atoms with Gasteiger partial charge in [-0.25, -0.2) is 4.79 Å². The molecule has 0 aromatic heterocycles. The van der Waals surface area contributed by atoms with Gasteiger partial charge >= 0.3 is 5.97 Å². The molecule has 0 unspecified atom stereocenters. The predicted molar refractivity (Wildman–Crippen MR) is 91.3 cm³/mol. The molecule has 0 heterocycles. The van der Waals surface area contributed by atoms with Gasteiger partial charge in [0.2, 0.25) is 5.75 Å². The van der Waals surface area contributed by atoms with Gasteiger partial charge in [0.25, 0.3) is 5.91 Å². The van der Waals surface area contributed by atoms with Gasteiger partial charge in [0, 0.05) is 0 Å². The number of nitriles is 1. The number of hydrogen-bond acceptors (Lipinski definition) is 7. The van der Waals surface area contributed by atoms with Crippen molar-refractivity contribution in [1.29, 1.82) is 5.26 Å². The first kappa shape index (κ1) is 19.4. The number of benzene rings is 1. The highest BCUT2D eigenvalue weighted by atomic mass is 16.5. The van der Waals surface area contributed by atoms with Crippen LogP contribution in [0, 0.1) is 17.2 Å². The Hall–Kier alpha value is -2.95. The van der Waals surface area contributed by atoms with E-state index in [1.807, 2.05) is 0 Å². The van der Waals surface area contributed by atoms with Gasteiger partial charge < -0.3 is 24.3 Å². The molecule has 0 saturated heterocycles. The van der Waals surface area contributed by atoms with Gasteiger partial charge in [-0.05, 0) is 37.8 Å². The van der Waals surface area contributed by atoms with E-state index in [1.165, 1.54) is 33.5 Å². The van der Waals surface area contributed by atoms with Crippen LogP contribution in [0.1, 0.15) is 30.1 Å². The number of carbonyl (C=O) groups excluding carboxylic acids is 2. The normalized spacial score (nSPS) is 15.2. The average molecular weight is 362 g/mol. The Balaban J connectivity index is 2.06. The van der Waals surface area contributed by atoms with E-state index >= 15 is 0 Å². The maximum Gasteiger partial charge on any atom is 0.342 e. The molecule has 1 saturated carbocycles. The third-order valence-electron chi connectivity index (χ3n) is 4.28. The van der Waals surface area contributed by atoms with E-state index < -0.39 is 24.0 Å². The average Bonchev–Trinajstić information content (AvgIpc) is 3.50. The first-order valence-electron chi connectivity index (χ1n) is 8.08. The van der Waals surface area contributed by atoms with Crippen LogP contribution in [0.2, 0.25) is 0 Å². The van der Waals surface area contributed by atoms with Crippen LogP contribution < -0.4 is 19.5 Å². The summed E-state index contributed by atoms with van der Waals surface area (Å²) in [6.07, 6.45) is 1.79. The molecule has 8 heteroatoms. The molecular weight excluding hydrogens is 340 g/mol. The summed E-state index contributed by atoms with van der Waals surface area (Å²) in [5.74, 6) is -0.348. The van der Waals surface area contributed by atoms with Crippen molar-refractivity contribution in [3.05, 3.63) is 17.7 Å². The highest BCUT2D eigenvalue weighted by Gasteiger charge is 2.43. The quantitative estimate of drug-likeness (QED) is 0.701. The summed E-state index contributed by atoms with van der Waals surface area (Å²) in [6.45, 7) is 1.17. The fourth-order valence-corrected chi connectivity index (χ4v) is 2.68. The molecule has 140 valence electrons. The van der Waals surface area contributed by atoms with Crippen molar-refractivity contribution >= 4 is 11.9 Å². The Labute approximate surface area is 152 Å². The van der Waals surface area contributed by atoms with Crippen LogP contribution in [0.25, 0.3) is 0 Å². The van der Waals surface area contributed by atoms with Crippen LogP contribution in [0.3, 0.4) is 0 Å². The number of amides is 1. The van der Waals surface area contributed by atoms with E-state index in [-0.39, 0.29) is 23.0 Å². The first-order valence-corrected chi connectivity index (χ1v) is 8.08. The highest BCUT2D eigenvalue weighted by Crippen LogP contribution is 2.40. The number of rotatable bonds is 8. The molecular formula is C18H22N2O6. The molecule has 1 amide bonds. The molecule has 1 aliphatic rings. The molecule has 0 aliphatic heterocycles. The lowest BCUT2D eigenvalue weighted by Crippen LogP contribution is -2.48. The smallest absolute Gasteiger partial charge is 0.342 e. The van der Waals surface area contributed by atoms with Gasteiger partial charge in [-0.15, -0.1) is 0 Å². The molecule has 0 radical (unpaired) electrons. The van der Waals surface area contributed by atoms with Crippen molar-refractivity contribution in [2.24, 2.45) is 5.92 Å². The standard InChI is InChI=1S/C18H22N2O6/c1-18(10-19,11-5-6-11)20-14(21)9-26-17(22)12-7-8-13(23-2)16(25-4)15(12)24-3/h7-8,11H,5-6,9H2,1-4H3,(H,20,21)/t18-/m0/s1. The van der Waals surface area contributed by atoms with Crippen molar-refractivity contribution in [2.75, 3.05) is 27.9 Å². The minimum Gasteiger partial charge on any atom is -0.493 e. The fraction of sp³-hybridized carbons (Fsp3) is 0.500. The molecule has 0 bridgehead atoms. The largest absolute Gasteiger partial charge is 0.493 e. The molecule has 2 rings (SSSR count). The Bertz CT molecular complexity index is 738. The molecule has 1 fully saturated rings. The maximum atomic E-state index is 12.3. The summed E-state index contributed by atoms with van der Waals surface area (Å²) in [6, 6.07) is 5.12. The minimum absolute atomic E-state index is 0.100. The summed E-state index contributed by atoms with van der Waals surface area (Å²) >= 11 is 0. The van der Waals surface area contributed by atoms with E-state index in [0.29, 0.717) is 5.75 Å². The van der Waals surface area contributed by atoms with E-state index in [1.54, 1.807) is 6.92 Å². The van der Waals surface area contributed by atoms with Gasteiger partial charge in [0.15, 0.2) is 18.1 Å². The molecule has 0 spiro atoms. The van der Waals surface area contributed by atoms with E-state index in [2.05, 4.69) is 11.4 Å². The van der Waals surface area contributed by atoms with Gasteiger partial charge in [-0.2, -0.15) is 5.26 Å². The lowest BCUT2D eigenvalue weighted by Gasteiger charge is -2.22. The van der Waals surface area contributed by atoms with Crippen molar-refractivity contribution in [1.82, 2.24) is 5.32 Å². The summed E-state index contributed by atoms with van der Waals surface area (Å²) in [4.78, 5) is 24.4. The Morgan fingerprint density at radius 2 is 1.85 bits per heavy atom. The third kappa shape index (κ3) is 3.99. The number of esters is 1. The topological polar surface area (TPSA) is 107 Å². The lowest BCUT2D eigenvalue weighted by molar-refractivity contribution is -0.125. The predicted octanol–water partition coefficient (Wildman–Crippen LogP) is 1.68. The number of carbonyl (C=O) groups is 2. The Kier molecular flexibility index (Phi) is 5.93. The highest BCUT2D eigenvalue weighted by molar-refractivity contribution is 5.95. The molecule has 8 nitrogen and oxygen atoms in total. The Morgan fingerprint density at radius 3 is 2.35 bits per heavy atom. The van der Waals surface area contributed by atoms with Crippen LogP contribution in [0.4, 0.5) is 0 Å². The van der Waals surface area contributed by atoms with Crippen molar-refractivity contribution < 1.29 is 28.5 Å². The summed E-state index contributed by atoms with van der Waals surface area (Å²) in [7, 11) is 4.27. The zero-order valence-corrected chi connectivity index (χ0v) is 15.3. The van der Waals surface area contributed by atoms with Crippen LogP contribution >= 0.6 is 0 Å². The summed E-state index contributed by atoms with van der Waals surface area (Å²) in [5, 5.41) is 11.9. The second kappa shape index (κ2) is 7.95. The second-order valence-corrected chi connectivity index (χ2v) is 6.09. The minimum atomic E-state index is -0.940. The van der Waals surface area contributed by atoms with Crippen LogP contribution in [0.5, 0.6) is 17.2 Å². The van der Waals surface area contributed by atoms with Gasteiger partial charge in [0.05, 0.1) is 27.4 Å². The van der Waals surface area contributed by atoms with Crippen molar-refractivity contribution in [2.45, 2.75) is 25.3 Å². The number of nitrogens with zero attached hydrogens (tertiary/aromatic N) is 1. The second-order valence-electron chi connectivity index (χ2n) is 6.09. The lowest BCUT2D eigenvalue weighted by atomic mass is 9.98. The number of ether oxygens (including phenoxy) is 4. The van der Waals surface area contributed by atoms with Crippen LogP contribution in [-0.4, -0.2) is 45.4 Å². The van der Waals surface area contributed by atoms with Crippen LogP contribution in [-0.2, 0) is 9.53 Å². The summed E-state index contributed by atoms with van der Waals surface area (Å²) in [5.41, 5.74) is -0.840. The molecule has 1 aromatic carbocycles. The summed E-state index contributed by atoms with van der Waals surface area (Å²) < 4.78 is 20.7. The SMILES string of the molecule is COc1ccc(C(=O)OCC(=O)N[C@@](C)(C#N)C2CC2)c(OC)c1OC. The zero-order valence-electron chi connectivity index (χ0n) is 15.3. The van der Waals surface area contributed by atoms with E-state index in [4.69, 9.17) is 18.9 Å². The van der Waals surface area contributed by atoms with E-state index in [0.717, 1.165) is 12.8 Å². The number of methoxy groups -OCH3 is 3. The monoisotopic (exact) mass is 362 g/mol.